The summed E-state index contributed by atoms with van der Waals surface area (Å²) in [6.07, 6.45) is -0.571. The first-order valence-corrected chi connectivity index (χ1v) is 13.3. The molecule has 1 fully saturated rings. The average Bonchev–Trinajstić information content (AvgIpc) is 3.27. The van der Waals surface area contributed by atoms with E-state index in [1.807, 2.05) is 6.92 Å². The zero-order chi connectivity index (χ0) is 24.9. The molecule has 0 bridgehead atoms. The van der Waals surface area contributed by atoms with Gasteiger partial charge in [-0.3, -0.25) is 9.59 Å². The molecule has 1 aliphatic rings. The summed E-state index contributed by atoms with van der Waals surface area (Å²) in [7, 11) is -7.60. The third kappa shape index (κ3) is 6.39. The number of carbonyl (C=O) groups is 2. The lowest BCUT2D eigenvalue weighted by atomic mass is 10.1. The van der Waals surface area contributed by atoms with E-state index in [4.69, 9.17) is 9.88 Å². The van der Waals surface area contributed by atoms with E-state index in [0.29, 0.717) is 6.42 Å². The van der Waals surface area contributed by atoms with E-state index in [1.165, 1.54) is 24.3 Å². The molecule has 0 radical (unpaired) electrons. The molecule has 1 saturated heterocycles. The van der Waals surface area contributed by atoms with Crippen molar-refractivity contribution in [3.05, 3.63) is 59.7 Å². The molecule has 2 amide bonds. The van der Waals surface area contributed by atoms with Crippen LogP contribution in [-0.4, -0.2) is 65.4 Å². The second-order valence-electron chi connectivity index (χ2n) is 7.66. The average molecular weight is 511 g/mol. The normalized spacial score (nSPS) is 16.8. The van der Waals surface area contributed by atoms with E-state index < -0.39 is 38.1 Å². The first-order valence-electron chi connectivity index (χ1n) is 10.4. The second kappa shape index (κ2) is 10.6. The first kappa shape index (κ1) is 25.8. The van der Waals surface area contributed by atoms with Crippen LogP contribution in [0.25, 0.3) is 0 Å². The molecular formula is C21H26N4O7S2. The Hall–Kier alpha value is -2.84. The summed E-state index contributed by atoms with van der Waals surface area (Å²) in [5.41, 5.74) is 1.66. The van der Waals surface area contributed by atoms with Crippen LogP contribution in [-0.2, 0) is 40.8 Å². The number of rotatable bonds is 8. The van der Waals surface area contributed by atoms with Crippen molar-refractivity contribution in [2.45, 2.75) is 29.4 Å². The van der Waals surface area contributed by atoms with Gasteiger partial charge in [-0.25, -0.2) is 22.0 Å². The number of aryl methyl sites for hydroxylation is 1. The SMILES string of the molecule is Cc1ccc(S(=O)(=O)N2CCO[C@H]2CNC(=O)C(=O)NCCc2ccc(S(N)(=O)=O)cc2)cc1. The van der Waals surface area contributed by atoms with E-state index in [1.54, 1.807) is 24.3 Å². The van der Waals surface area contributed by atoms with Crippen LogP contribution >= 0.6 is 0 Å². The number of nitrogens with two attached hydrogens (primary N) is 1. The number of carbonyl (C=O) groups excluding carboxylic acids is 2. The molecule has 1 heterocycles. The largest absolute Gasteiger partial charge is 0.359 e. The van der Waals surface area contributed by atoms with Crippen molar-refractivity contribution in [3.63, 3.8) is 0 Å². The van der Waals surface area contributed by atoms with Gasteiger partial charge in [0.1, 0.15) is 6.23 Å². The molecule has 13 heteroatoms. The monoisotopic (exact) mass is 510 g/mol. The van der Waals surface area contributed by atoms with Gasteiger partial charge in [0.05, 0.1) is 22.9 Å². The Bertz CT molecular complexity index is 1250. The Morgan fingerprint density at radius 3 is 2.18 bits per heavy atom. The second-order valence-corrected chi connectivity index (χ2v) is 11.1. The van der Waals surface area contributed by atoms with Crippen LogP contribution in [0.4, 0.5) is 0 Å². The Morgan fingerprint density at radius 1 is 0.971 bits per heavy atom. The summed E-state index contributed by atoms with van der Waals surface area (Å²) in [6, 6.07) is 12.2. The molecule has 3 rings (SSSR count). The maximum Gasteiger partial charge on any atom is 0.309 e. The minimum absolute atomic E-state index is 0.0211. The van der Waals surface area contributed by atoms with Gasteiger partial charge in [-0.15, -0.1) is 0 Å². The van der Waals surface area contributed by atoms with Crippen LogP contribution < -0.4 is 15.8 Å². The summed E-state index contributed by atoms with van der Waals surface area (Å²) in [5.74, 6) is -1.81. The molecule has 0 aliphatic carbocycles. The van der Waals surface area contributed by atoms with Crippen LogP contribution in [0, 0.1) is 6.92 Å². The number of hydrogen-bond acceptors (Lipinski definition) is 7. The van der Waals surface area contributed by atoms with Gasteiger partial charge in [-0.2, -0.15) is 4.31 Å². The van der Waals surface area contributed by atoms with Gasteiger partial charge >= 0.3 is 11.8 Å². The van der Waals surface area contributed by atoms with E-state index in [9.17, 15) is 26.4 Å². The van der Waals surface area contributed by atoms with Crippen LogP contribution in [0.2, 0.25) is 0 Å². The van der Waals surface area contributed by atoms with Crippen LogP contribution in [0.15, 0.2) is 58.3 Å². The van der Waals surface area contributed by atoms with Crippen LogP contribution in [0.3, 0.4) is 0 Å². The zero-order valence-corrected chi connectivity index (χ0v) is 20.1. The maximum absolute atomic E-state index is 12.9. The predicted octanol–water partition coefficient (Wildman–Crippen LogP) is -0.535. The van der Waals surface area contributed by atoms with Crippen molar-refractivity contribution in [3.8, 4) is 0 Å². The molecule has 0 aromatic heterocycles. The molecule has 0 spiro atoms. The highest BCUT2D eigenvalue weighted by atomic mass is 32.2. The minimum Gasteiger partial charge on any atom is -0.359 e. The number of amides is 2. The molecule has 4 N–H and O–H groups in total. The topological polar surface area (TPSA) is 165 Å². The fourth-order valence-electron chi connectivity index (χ4n) is 3.29. The van der Waals surface area contributed by atoms with Gasteiger partial charge in [0.2, 0.25) is 20.0 Å². The number of ether oxygens (including phenoxy) is 1. The van der Waals surface area contributed by atoms with Crippen LogP contribution in [0.5, 0.6) is 0 Å². The third-order valence-electron chi connectivity index (χ3n) is 5.17. The van der Waals surface area contributed by atoms with Crippen molar-refractivity contribution in [1.82, 2.24) is 14.9 Å². The zero-order valence-electron chi connectivity index (χ0n) is 18.4. The molecule has 0 unspecified atom stereocenters. The third-order valence-corrected chi connectivity index (χ3v) is 8.00. The Morgan fingerprint density at radius 2 is 1.56 bits per heavy atom. The predicted molar refractivity (Wildman–Crippen MR) is 122 cm³/mol. The first-order chi connectivity index (χ1) is 16.0. The smallest absolute Gasteiger partial charge is 0.309 e. The van der Waals surface area contributed by atoms with E-state index in [-0.39, 0.29) is 36.0 Å². The molecule has 184 valence electrons. The molecule has 34 heavy (non-hydrogen) atoms. The van der Waals surface area contributed by atoms with E-state index in [0.717, 1.165) is 15.4 Å². The van der Waals surface area contributed by atoms with Gasteiger partial charge in [-0.05, 0) is 43.2 Å². The standard InChI is InChI=1S/C21H26N4O7S2/c1-15-2-6-18(7-3-15)34(30,31)25-12-13-32-19(25)14-24-21(27)20(26)23-11-10-16-4-8-17(9-5-16)33(22,28)29/h2-9,19H,10-14H2,1H3,(H,23,26)(H,24,27)(H2,22,28,29)/t19-/m0/s1. The lowest BCUT2D eigenvalue weighted by Crippen LogP contribution is -2.47. The number of nitrogens with zero attached hydrogens (tertiary/aromatic N) is 1. The van der Waals surface area contributed by atoms with Crippen molar-refractivity contribution >= 4 is 31.9 Å². The summed E-state index contributed by atoms with van der Waals surface area (Å²) < 4.78 is 54.9. The number of nitrogens with one attached hydrogen (secondary N) is 2. The molecule has 1 aliphatic heterocycles. The van der Waals surface area contributed by atoms with Gasteiger partial charge in [0, 0.05) is 13.1 Å². The number of sulfonamides is 2. The molecule has 2 aromatic rings. The van der Waals surface area contributed by atoms with E-state index in [2.05, 4.69) is 10.6 Å². The van der Waals surface area contributed by atoms with Crippen LogP contribution in [0.1, 0.15) is 11.1 Å². The summed E-state index contributed by atoms with van der Waals surface area (Å²) in [5, 5.41) is 9.90. The molecular weight excluding hydrogens is 484 g/mol. The molecule has 1 atom stereocenters. The Labute approximate surface area is 198 Å². The lowest BCUT2D eigenvalue weighted by Gasteiger charge is -2.22. The van der Waals surface area contributed by atoms with Gasteiger partial charge in [0.25, 0.3) is 0 Å². The Kier molecular flexibility index (Phi) is 8.05. The minimum atomic E-state index is -3.82. The van der Waals surface area contributed by atoms with Gasteiger partial charge < -0.3 is 15.4 Å². The van der Waals surface area contributed by atoms with Crippen molar-refractivity contribution in [2.75, 3.05) is 26.2 Å². The number of benzene rings is 2. The van der Waals surface area contributed by atoms with Crippen molar-refractivity contribution in [1.29, 1.82) is 0 Å². The summed E-state index contributed by atoms with van der Waals surface area (Å²) in [6.45, 7) is 2.10. The van der Waals surface area contributed by atoms with Crippen molar-refractivity contribution in [2.24, 2.45) is 5.14 Å². The fraction of sp³-hybridized carbons (Fsp3) is 0.333. The van der Waals surface area contributed by atoms with Gasteiger partial charge in [-0.1, -0.05) is 29.8 Å². The van der Waals surface area contributed by atoms with Crippen molar-refractivity contribution < 1.29 is 31.2 Å². The van der Waals surface area contributed by atoms with Gasteiger partial charge in [0.15, 0.2) is 0 Å². The summed E-state index contributed by atoms with van der Waals surface area (Å²) >= 11 is 0. The molecule has 0 saturated carbocycles. The highest BCUT2D eigenvalue weighted by Crippen LogP contribution is 2.22. The number of primary sulfonamides is 1. The Balaban J connectivity index is 1.48. The summed E-state index contributed by atoms with van der Waals surface area (Å²) in [4.78, 5) is 24.3. The fourth-order valence-corrected chi connectivity index (χ4v) is 5.32. The molecule has 2 aromatic carbocycles. The molecule has 11 nitrogen and oxygen atoms in total. The lowest BCUT2D eigenvalue weighted by molar-refractivity contribution is -0.139. The highest BCUT2D eigenvalue weighted by Gasteiger charge is 2.36. The van der Waals surface area contributed by atoms with E-state index >= 15 is 0 Å². The number of hydrogen-bond donors (Lipinski definition) is 3. The highest BCUT2D eigenvalue weighted by molar-refractivity contribution is 7.89. The quantitative estimate of drug-likeness (QED) is 0.401. The maximum atomic E-state index is 12.9.